The number of nitrogens with one attached hydrogen (secondary N) is 4. The number of ether oxygens (including phenoxy) is 1. The van der Waals surface area contributed by atoms with Crippen molar-refractivity contribution in [1.29, 1.82) is 0 Å². The topological polar surface area (TPSA) is 204 Å². The molecule has 6 unspecified atom stereocenters. The number of piperazine rings is 1. The van der Waals surface area contributed by atoms with Crippen molar-refractivity contribution in [3.63, 3.8) is 0 Å². The summed E-state index contributed by atoms with van der Waals surface area (Å²) in [5, 5.41) is 24.9. The van der Waals surface area contributed by atoms with Gasteiger partial charge in [-0.25, -0.2) is 13.6 Å². The van der Waals surface area contributed by atoms with Gasteiger partial charge in [0.25, 0.3) is 0 Å². The molecule has 3 aromatic heterocycles. The van der Waals surface area contributed by atoms with Crippen LogP contribution < -0.4 is 36.6 Å². The minimum absolute atomic E-state index is 0.0484. The molecule has 0 aliphatic carbocycles. The zero-order valence-corrected chi connectivity index (χ0v) is 45.2. The van der Waals surface area contributed by atoms with Gasteiger partial charge in [0.2, 0.25) is 11.8 Å². The lowest BCUT2D eigenvalue weighted by molar-refractivity contribution is -0.135. The number of nitrogens with zero attached hydrogens (tertiary/aromatic N) is 8. The molecule has 12 rings (SSSR count). The summed E-state index contributed by atoms with van der Waals surface area (Å²) >= 11 is 0. The summed E-state index contributed by atoms with van der Waals surface area (Å²) in [5.41, 5.74) is 3.07. The molecule has 20 heteroatoms. The fourth-order valence-electron chi connectivity index (χ4n) is 13.3. The van der Waals surface area contributed by atoms with E-state index in [2.05, 4.69) is 62.9 Å². The standard InChI is InChI=1S/C32H49N7O4.C26H21F2N5O.CH2O/c1-36-30-22(4-2-6-27(30)39(32(36)43)28-9-10-29(41)35-31(28)42)21-37-17-12-24(13-18-37)34-23(14-19-40)11-15-33-20-26-8-7-25-5-3-16-38(25)26;1-3-17-20(27)10-7-14-5-4-6-18(21(14)17)23-22(28)24-19(11-29-23)25(32-26(31-24)34-2)33-12-15-8-9-16(13-33)30-15;1-2/h2,4,6,23-26,28,33-34,40H,3,5,7-21H2,1H3,(H,35,41,42);1,4-7,10-11,15-16,30H,8-9,12-13H2,2H3;1H2. The number of terminal acetylenes is 1. The molecule has 0 saturated carbocycles. The minimum Gasteiger partial charge on any atom is -0.467 e. The summed E-state index contributed by atoms with van der Waals surface area (Å²) in [4.78, 5) is 66.2. The highest BCUT2D eigenvalue weighted by Gasteiger charge is 2.37. The van der Waals surface area contributed by atoms with E-state index in [9.17, 15) is 23.9 Å². The number of aromatic nitrogens is 5. The highest BCUT2D eigenvalue weighted by Crippen LogP contribution is 2.38. The number of imidazole rings is 1. The van der Waals surface area contributed by atoms with E-state index in [0.717, 1.165) is 107 Å². The fourth-order valence-corrected chi connectivity index (χ4v) is 13.3. The number of imide groups is 1. The van der Waals surface area contributed by atoms with Gasteiger partial charge in [0.05, 0.1) is 29.1 Å². The van der Waals surface area contributed by atoms with Gasteiger partial charge in [-0.05, 0) is 120 Å². The zero-order valence-electron chi connectivity index (χ0n) is 45.2. The molecule has 6 aliphatic rings. The maximum atomic E-state index is 16.1. The number of piperidine rings is 2. The number of benzene rings is 3. The van der Waals surface area contributed by atoms with Crippen molar-refractivity contribution in [2.75, 3.05) is 64.4 Å². The van der Waals surface area contributed by atoms with Crippen LogP contribution in [-0.2, 0) is 28.0 Å². The highest BCUT2D eigenvalue weighted by molar-refractivity contribution is 6.02. The summed E-state index contributed by atoms with van der Waals surface area (Å²) in [6.07, 6.45) is 19.3. The van der Waals surface area contributed by atoms with Crippen LogP contribution in [0.25, 0.3) is 44.0 Å². The van der Waals surface area contributed by atoms with Crippen LogP contribution in [-0.4, -0.2) is 153 Å². The fraction of sp³-hybridized carbons (Fsp3) is 0.508. The number of hydrogen-bond donors (Lipinski definition) is 5. The van der Waals surface area contributed by atoms with Crippen molar-refractivity contribution >= 4 is 57.1 Å². The highest BCUT2D eigenvalue weighted by atomic mass is 19.1. The zero-order chi connectivity index (χ0) is 55.3. The molecular weight excluding hydrogens is 1010 g/mol. The normalized spacial score (nSPS) is 22.8. The molecule has 5 N–H and O–H groups in total. The molecule has 6 fully saturated rings. The maximum absolute atomic E-state index is 16.1. The largest absolute Gasteiger partial charge is 0.467 e. The number of anilines is 1. The Hall–Kier alpha value is -6.73. The third kappa shape index (κ3) is 11.5. The average Bonchev–Trinajstić information content (AvgIpc) is 4.42. The van der Waals surface area contributed by atoms with Crippen molar-refractivity contribution in [2.45, 2.75) is 126 Å². The smallest absolute Gasteiger partial charge is 0.329 e. The summed E-state index contributed by atoms with van der Waals surface area (Å²) < 4.78 is 39.1. The quantitative estimate of drug-likeness (QED) is 0.0516. The molecule has 2 bridgehead atoms. The second-order valence-electron chi connectivity index (χ2n) is 21.9. The average molecular weight is 1080 g/mol. The van der Waals surface area contributed by atoms with Crippen molar-refractivity contribution in [1.82, 2.24) is 55.2 Å². The minimum atomic E-state index is -0.673. The van der Waals surface area contributed by atoms with E-state index in [-0.39, 0.29) is 47.4 Å². The Morgan fingerprint density at radius 1 is 0.937 bits per heavy atom. The predicted molar refractivity (Wildman–Crippen MR) is 300 cm³/mol. The van der Waals surface area contributed by atoms with E-state index in [1.165, 1.54) is 45.4 Å². The number of fused-ring (bicyclic) bond motifs is 6. The van der Waals surface area contributed by atoms with Gasteiger partial charge < -0.3 is 35.5 Å². The van der Waals surface area contributed by atoms with Crippen molar-refractivity contribution in [2.24, 2.45) is 7.05 Å². The molecule has 6 saturated heterocycles. The first-order valence-corrected chi connectivity index (χ1v) is 28.0. The van der Waals surface area contributed by atoms with Crippen LogP contribution in [0, 0.1) is 24.0 Å². The van der Waals surface area contributed by atoms with E-state index in [4.69, 9.17) is 16.0 Å². The summed E-state index contributed by atoms with van der Waals surface area (Å²) in [5.74, 6) is 1.15. The van der Waals surface area contributed by atoms with E-state index in [1.54, 1.807) is 46.6 Å². The van der Waals surface area contributed by atoms with Crippen LogP contribution in [0.3, 0.4) is 0 Å². The number of pyridine rings is 1. The summed E-state index contributed by atoms with van der Waals surface area (Å²) in [6, 6.07) is 16.6. The van der Waals surface area contributed by atoms with Crippen molar-refractivity contribution in [3.05, 3.63) is 88.0 Å². The number of hydrogen-bond acceptors (Lipinski definition) is 15. The molecule has 2 amide bonds. The van der Waals surface area contributed by atoms with Gasteiger partial charge in [-0.15, -0.1) is 6.42 Å². The van der Waals surface area contributed by atoms with Gasteiger partial charge in [-0.2, -0.15) is 9.97 Å². The number of carbonyl (C=O) groups excluding carboxylic acids is 3. The van der Waals surface area contributed by atoms with Gasteiger partial charge in [-0.3, -0.25) is 38.8 Å². The van der Waals surface area contributed by atoms with Crippen molar-refractivity contribution in [3.8, 4) is 29.6 Å². The van der Waals surface area contributed by atoms with Gasteiger partial charge in [0, 0.05) is 99.7 Å². The third-order valence-electron chi connectivity index (χ3n) is 17.1. The Bertz CT molecular complexity index is 3290. The summed E-state index contributed by atoms with van der Waals surface area (Å²) in [7, 11) is 3.22. The second kappa shape index (κ2) is 24.7. The van der Waals surface area contributed by atoms with Gasteiger partial charge >= 0.3 is 11.7 Å². The number of rotatable bonds is 15. The number of methoxy groups -OCH3 is 1. The Morgan fingerprint density at radius 3 is 2.47 bits per heavy atom. The molecule has 9 heterocycles. The number of para-hydroxylation sites is 1. The van der Waals surface area contributed by atoms with Gasteiger partial charge in [0.1, 0.15) is 35.7 Å². The molecule has 18 nitrogen and oxygen atoms in total. The number of likely N-dealkylation sites (tertiary alicyclic amines) is 1. The molecule has 3 aromatic carbocycles. The Morgan fingerprint density at radius 2 is 1.72 bits per heavy atom. The van der Waals surface area contributed by atoms with E-state index >= 15 is 4.39 Å². The van der Waals surface area contributed by atoms with Crippen LogP contribution in [0.4, 0.5) is 14.6 Å². The predicted octanol–water partition coefficient (Wildman–Crippen LogP) is 5.10. The molecular formula is C59H72F2N12O6. The van der Waals surface area contributed by atoms with Crippen LogP contribution in [0.5, 0.6) is 6.01 Å². The molecule has 6 atom stereocenters. The van der Waals surface area contributed by atoms with Crippen LogP contribution in [0.15, 0.2) is 59.5 Å². The second-order valence-corrected chi connectivity index (χ2v) is 21.9. The molecule has 6 aromatic rings. The molecule has 0 radical (unpaired) electrons. The first-order valence-electron chi connectivity index (χ1n) is 28.0. The van der Waals surface area contributed by atoms with Gasteiger partial charge in [0.15, 0.2) is 5.82 Å². The Balaban J connectivity index is 0.000000177. The lowest BCUT2D eigenvalue weighted by Gasteiger charge is -2.35. The van der Waals surface area contributed by atoms with Crippen molar-refractivity contribution < 1.29 is 33.0 Å². The molecule has 418 valence electrons. The van der Waals surface area contributed by atoms with Crippen LogP contribution in [0.1, 0.15) is 94.2 Å². The van der Waals surface area contributed by atoms with E-state index in [0.29, 0.717) is 64.2 Å². The maximum Gasteiger partial charge on any atom is 0.329 e. The number of aliphatic hydroxyl groups excluding tert-OH is 1. The monoisotopic (exact) mass is 1080 g/mol. The SMILES string of the molecule is C#Cc1c(F)ccc2cccc(-c3ncc4c(N5CC6CCC(C5)N6)nc(OC)nc4c3F)c12.C=O.Cn1c(=O)n(C2CCC(=O)NC2=O)c2cccc(CN3CCC(NC(CCO)CCNCC4CCC5CCCN54)CC3)c21. The number of aryl methyl sites for hydroxylation is 1. The lowest BCUT2D eigenvalue weighted by atomic mass is 9.96. The number of aliphatic hydroxyl groups is 1. The number of halogens is 2. The lowest BCUT2D eigenvalue weighted by Crippen LogP contribution is -2.51. The van der Waals surface area contributed by atoms with E-state index < -0.39 is 23.6 Å². The van der Waals surface area contributed by atoms with Gasteiger partial charge in [-0.1, -0.05) is 42.3 Å². The number of amides is 2. The third-order valence-corrected chi connectivity index (χ3v) is 17.1. The van der Waals surface area contributed by atoms with E-state index in [1.807, 2.05) is 18.9 Å². The van der Waals surface area contributed by atoms with Crippen LogP contribution >= 0.6 is 0 Å². The summed E-state index contributed by atoms with van der Waals surface area (Å²) in [6.45, 7) is 9.72. The first-order chi connectivity index (χ1) is 38.5. The Kier molecular flexibility index (Phi) is 17.4. The molecule has 79 heavy (non-hydrogen) atoms. The number of carbonyl (C=O) groups is 3. The van der Waals surface area contributed by atoms with Crippen LogP contribution in [0.2, 0.25) is 0 Å². The molecule has 0 spiro atoms. The molecule has 6 aliphatic heterocycles. The first kappa shape index (κ1) is 55.6. The Labute approximate surface area is 458 Å².